The number of hydrogen-bond acceptors (Lipinski definition) is 2. The smallest absolute Gasteiger partial charge is 0.221 e. The van der Waals surface area contributed by atoms with Gasteiger partial charge in [-0.3, -0.25) is 4.79 Å². The maximum Gasteiger partial charge on any atom is 0.221 e. The van der Waals surface area contributed by atoms with Crippen LogP contribution in [-0.2, 0) is 10.3 Å². The van der Waals surface area contributed by atoms with Crippen LogP contribution in [0.2, 0.25) is 0 Å². The molecule has 0 spiro atoms. The largest absolute Gasteiger partial charge is 0.347 e. The molecule has 1 fully saturated rings. The number of nitrogens with two attached hydrogens (primary N) is 1. The minimum absolute atomic E-state index is 0. The summed E-state index contributed by atoms with van der Waals surface area (Å²) in [5, 5.41) is 3.19. The lowest BCUT2D eigenvalue weighted by Crippen LogP contribution is -2.44. The molecule has 1 aliphatic carbocycles. The van der Waals surface area contributed by atoms with Crippen LogP contribution < -0.4 is 11.1 Å². The zero-order chi connectivity index (χ0) is 12.1. The van der Waals surface area contributed by atoms with Gasteiger partial charge in [-0.15, -0.1) is 12.4 Å². The molecule has 0 radical (unpaired) electrons. The van der Waals surface area contributed by atoms with E-state index in [0.29, 0.717) is 13.0 Å². The van der Waals surface area contributed by atoms with Crippen LogP contribution in [0.5, 0.6) is 0 Å². The fourth-order valence-corrected chi connectivity index (χ4v) is 2.68. The van der Waals surface area contributed by atoms with Gasteiger partial charge >= 0.3 is 0 Å². The molecule has 1 amide bonds. The second-order valence-corrected chi connectivity index (χ2v) is 4.74. The van der Waals surface area contributed by atoms with E-state index in [1.165, 1.54) is 18.4 Å². The predicted molar refractivity (Wildman–Crippen MR) is 75.7 cm³/mol. The lowest BCUT2D eigenvalue weighted by atomic mass is 9.88. The van der Waals surface area contributed by atoms with Gasteiger partial charge < -0.3 is 11.1 Å². The summed E-state index contributed by atoms with van der Waals surface area (Å²) in [6, 6.07) is 10.3. The quantitative estimate of drug-likeness (QED) is 0.881. The summed E-state index contributed by atoms with van der Waals surface area (Å²) in [5.41, 5.74) is 6.50. The molecule has 0 bridgehead atoms. The number of nitrogens with one attached hydrogen (secondary N) is 1. The first-order chi connectivity index (χ1) is 8.27. The molecule has 0 aliphatic heterocycles. The van der Waals surface area contributed by atoms with Crippen molar-refractivity contribution in [2.45, 2.75) is 37.6 Å². The maximum atomic E-state index is 11.8. The zero-order valence-corrected chi connectivity index (χ0v) is 11.3. The van der Waals surface area contributed by atoms with Gasteiger partial charge in [-0.2, -0.15) is 0 Å². The molecule has 1 aromatic rings. The molecule has 0 aromatic heterocycles. The Hall–Kier alpha value is -1.06. The Morgan fingerprint density at radius 1 is 1.22 bits per heavy atom. The number of carbonyl (C=O) groups excluding carboxylic acids is 1. The van der Waals surface area contributed by atoms with E-state index in [4.69, 9.17) is 5.73 Å². The van der Waals surface area contributed by atoms with Gasteiger partial charge in [-0.05, 0) is 18.4 Å². The highest BCUT2D eigenvalue weighted by Crippen LogP contribution is 2.38. The van der Waals surface area contributed by atoms with Gasteiger partial charge in [0, 0.05) is 13.0 Å². The molecule has 0 heterocycles. The van der Waals surface area contributed by atoms with Crippen molar-refractivity contribution >= 4 is 18.3 Å². The van der Waals surface area contributed by atoms with E-state index in [-0.39, 0.29) is 23.9 Å². The maximum absolute atomic E-state index is 11.8. The van der Waals surface area contributed by atoms with E-state index in [1.54, 1.807) is 0 Å². The van der Waals surface area contributed by atoms with Crippen molar-refractivity contribution in [1.29, 1.82) is 0 Å². The Labute approximate surface area is 115 Å². The molecule has 0 saturated heterocycles. The van der Waals surface area contributed by atoms with Crippen molar-refractivity contribution in [3.8, 4) is 0 Å². The first kappa shape index (κ1) is 15.0. The molecule has 0 atom stereocenters. The lowest BCUT2D eigenvalue weighted by Gasteiger charge is -2.31. The van der Waals surface area contributed by atoms with Crippen LogP contribution in [0.25, 0.3) is 0 Å². The Morgan fingerprint density at radius 2 is 1.83 bits per heavy atom. The number of amides is 1. The van der Waals surface area contributed by atoms with Gasteiger partial charge in [-0.25, -0.2) is 0 Å². The van der Waals surface area contributed by atoms with E-state index in [1.807, 2.05) is 18.2 Å². The summed E-state index contributed by atoms with van der Waals surface area (Å²) >= 11 is 0. The van der Waals surface area contributed by atoms with Gasteiger partial charge in [0.1, 0.15) is 0 Å². The van der Waals surface area contributed by atoms with Crippen LogP contribution in [0.15, 0.2) is 30.3 Å². The lowest BCUT2D eigenvalue weighted by molar-refractivity contribution is -0.122. The standard InChI is InChI=1S/C14H20N2O.ClH/c15-11-8-13(17)16-14(9-4-5-10-14)12-6-2-1-3-7-12;/h1-3,6-7H,4-5,8-11,15H2,(H,16,17);1H. The Balaban J connectivity index is 0.00000162. The van der Waals surface area contributed by atoms with Gasteiger partial charge in [-0.1, -0.05) is 43.2 Å². The van der Waals surface area contributed by atoms with Crippen molar-refractivity contribution in [3.05, 3.63) is 35.9 Å². The third kappa shape index (κ3) is 3.24. The number of benzene rings is 1. The summed E-state index contributed by atoms with van der Waals surface area (Å²) in [4.78, 5) is 11.8. The van der Waals surface area contributed by atoms with Crippen molar-refractivity contribution < 1.29 is 4.79 Å². The second-order valence-electron chi connectivity index (χ2n) is 4.74. The van der Waals surface area contributed by atoms with E-state index in [0.717, 1.165) is 12.8 Å². The first-order valence-electron chi connectivity index (χ1n) is 6.33. The number of carbonyl (C=O) groups is 1. The predicted octanol–water partition coefficient (Wildman–Crippen LogP) is 2.34. The molecule has 0 unspecified atom stereocenters. The SMILES string of the molecule is Cl.NCCC(=O)NC1(c2ccccc2)CCCC1. The molecule has 2 rings (SSSR count). The van der Waals surface area contributed by atoms with Crippen LogP contribution in [0.3, 0.4) is 0 Å². The summed E-state index contributed by atoms with van der Waals surface area (Å²) in [7, 11) is 0. The van der Waals surface area contributed by atoms with Crippen LogP contribution in [0.1, 0.15) is 37.7 Å². The topological polar surface area (TPSA) is 55.1 Å². The molecule has 18 heavy (non-hydrogen) atoms. The van der Waals surface area contributed by atoms with Gasteiger partial charge in [0.05, 0.1) is 5.54 Å². The van der Waals surface area contributed by atoms with Crippen LogP contribution in [0.4, 0.5) is 0 Å². The van der Waals surface area contributed by atoms with Gasteiger partial charge in [0.25, 0.3) is 0 Å². The molecule has 1 aromatic carbocycles. The average molecular weight is 269 g/mol. The zero-order valence-electron chi connectivity index (χ0n) is 10.5. The molecule has 100 valence electrons. The van der Waals surface area contributed by atoms with Crippen LogP contribution in [-0.4, -0.2) is 12.5 Å². The summed E-state index contributed by atoms with van der Waals surface area (Å²) in [5.74, 6) is 0.0678. The third-order valence-corrected chi connectivity index (χ3v) is 3.53. The molecular weight excluding hydrogens is 248 g/mol. The van der Waals surface area contributed by atoms with Gasteiger partial charge in [0.15, 0.2) is 0 Å². The van der Waals surface area contributed by atoms with Gasteiger partial charge in [0.2, 0.25) is 5.91 Å². The first-order valence-corrected chi connectivity index (χ1v) is 6.33. The average Bonchev–Trinajstić information content (AvgIpc) is 2.80. The van der Waals surface area contributed by atoms with Crippen molar-refractivity contribution in [2.75, 3.05) is 6.54 Å². The number of halogens is 1. The monoisotopic (exact) mass is 268 g/mol. The van der Waals surface area contributed by atoms with Crippen molar-refractivity contribution in [2.24, 2.45) is 5.73 Å². The van der Waals surface area contributed by atoms with E-state index >= 15 is 0 Å². The second kappa shape index (κ2) is 6.76. The number of rotatable bonds is 4. The summed E-state index contributed by atoms with van der Waals surface area (Å²) in [6.45, 7) is 0.413. The molecule has 3 nitrogen and oxygen atoms in total. The van der Waals surface area contributed by atoms with Crippen molar-refractivity contribution in [1.82, 2.24) is 5.32 Å². The molecule has 3 N–H and O–H groups in total. The third-order valence-electron chi connectivity index (χ3n) is 3.53. The molecular formula is C14H21ClN2O. The normalized spacial score (nSPS) is 16.9. The minimum Gasteiger partial charge on any atom is -0.347 e. The van der Waals surface area contributed by atoms with Crippen LogP contribution in [0, 0.1) is 0 Å². The van der Waals surface area contributed by atoms with E-state index < -0.39 is 0 Å². The molecule has 1 saturated carbocycles. The molecule has 4 heteroatoms. The Bertz CT molecular complexity index is 375. The summed E-state index contributed by atoms with van der Waals surface area (Å²) in [6.07, 6.45) is 4.84. The van der Waals surface area contributed by atoms with Crippen LogP contribution >= 0.6 is 12.4 Å². The molecule has 1 aliphatic rings. The highest BCUT2D eigenvalue weighted by molar-refractivity contribution is 5.85. The fraction of sp³-hybridized carbons (Fsp3) is 0.500. The minimum atomic E-state index is -0.145. The Kier molecular flexibility index (Phi) is 5.63. The highest BCUT2D eigenvalue weighted by atomic mass is 35.5. The number of hydrogen-bond donors (Lipinski definition) is 2. The Morgan fingerprint density at radius 3 is 2.39 bits per heavy atom. The van der Waals surface area contributed by atoms with Crippen molar-refractivity contribution in [3.63, 3.8) is 0 Å². The van der Waals surface area contributed by atoms with E-state index in [2.05, 4.69) is 17.4 Å². The fourth-order valence-electron chi connectivity index (χ4n) is 2.68. The highest BCUT2D eigenvalue weighted by Gasteiger charge is 2.36. The van der Waals surface area contributed by atoms with E-state index in [9.17, 15) is 4.79 Å². The summed E-state index contributed by atoms with van der Waals surface area (Å²) < 4.78 is 0.